The summed E-state index contributed by atoms with van der Waals surface area (Å²) in [7, 11) is 0. The van der Waals surface area contributed by atoms with Gasteiger partial charge in [-0.05, 0) is 24.6 Å². The van der Waals surface area contributed by atoms with Crippen molar-refractivity contribution in [2.45, 2.75) is 6.92 Å². The summed E-state index contributed by atoms with van der Waals surface area (Å²) in [6.45, 7) is 1.94. The Morgan fingerprint density at radius 1 is 0.966 bits per heavy atom. The third-order valence-electron chi connectivity index (χ3n) is 4.66. The van der Waals surface area contributed by atoms with Gasteiger partial charge in [-0.25, -0.2) is 4.98 Å². The van der Waals surface area contributed by atoms with Crippen molar-refractivity contribution in [2.75, 3.05) is 5.73 Å². The summed E-state index contributed by atoms with van der Waals surface area (Å²) in [4.78, 5) is 4.69. The number of thiazole rings is 1. The molecule has 8 heteroatoms. The van der Waals surface area contributed by atoms with Crippen molar-refractivity contribution in [3.63, 3.8) is 0 Å². The smallest absolute Gasteiger partial charge is 0.187 e. The zero-order chi connectivity index (χ0) is 20.0. The molecule has 5 aromatic rings. The fourth-order valence-electron chi connectivity index (χ4n) is 3.26. The maximum atomic E-state index is 6.43. The zero-order valence-electron chi connectivity index (χ0n) is 15.4. The van der Waals surface area contributed by atoms with Crippen LogP contribution < -0.4 is 5.73 Å². The number of hydrogen-bond donors (Lipinski definition) is 1. The molecule has 5 rings (SSSR count). The molecule has 29 heavy (non-hydrogen) atoms. The highest BCUT2D eigenvalue weighted by atomic mass is 35.5. The number of fused-ring (bicyclic) bond motifs is 1. The van der Waals surface area contributed by atoms with Crippen LogP contribution in [0, 0.1) is 6.92 Å². The summed E-state index contributed by atoms with van der Waals surface area (Å²) in [5.41, 5.74) is 12.2. The van der Waals surface area contributed by atoms with Crippen LogP contribution in [0.15, 0.2) is 60.0 Å². The van der Waals surface area contributed by atoms with Crippen LogP contribution in [0.5, 0.6) is 0 Å². The molecule has 0 fully saturated rings. The molecule has 0 saturated heterocycles. The van der Waals surface area contributed by atoms with Crippen molar-refractivity contribution in [3.05, 3.63) is 70.7 Å². The highest BCUT2D eigenvalue weighted by Gasteiger charge is 2.20. The number of hydrogen-bond acceptors (Lipinski definition) is 6. The maximum absolute atomic E-state index is 6.43. The summed E-state index contributed by atoms with van der Waals surface area (Å²) in [5, 5.41) is 16.8. The topological polar surface area (TPSA) is 82.0 Å². The monoisotopic (exact) mass is 418 g/mol. The first-order chi connectivity index (χ1) is 14.1. The lowest BCUT2D eigenvalue weighted by molar-refractivity contribution is 0.892. The van der Waals surface area contributed by atoms with Gasteiger partial charge in [-0.2, -0.15) is 9.61 Å². The van der Waals surface area contributed by atoms with Crippen molar-refractivity contribution >= 4 is 34.4 Å². The van der Waals surface area contributed by atoms with E-state index in [0.717, 1.165) is 28.1 Å². The molecule has 0 unspecified atom stereocenters. The van der Waals surface area contributed by atoms with Gasteiger partial charge in [0.1, 0.15) is 5.01 Å². The van der Waals surface area contributed by atoms with Crippen LogP contribution in [-0.2, 0) is 0 Å². The predicted molar refractivity (Wildman–Crippen MR) is 117 cm³/mol. The van der Waals surface area contributed by atoms with E-state index >= 15 is 0 Å². The molecule has 0 saturated carbocycles. The summed E-state index contributed by atoms with van der Waals surface area (Å²) in [6, 6.07) is 17.5. The number of rotatable bonds is 3. The molecule has 142 valence electrons. The van der Waals surface area contributed by atoms with Gasteiger partial charge in [-0.3, -0.25) is 0 Å². The molecule has 3 aromatic heterocycles. The van der Waals surface area contributed by atoms with Gasteiger partial charge in [-0.1, -0.05) is 54.1 Å². The van der Waals surface area contributed by atoms with Crippen molar-refractivity contribution in [2.24, 2.45) is 0 Å². The molecule has 6 nitrogen and oxygen atoms in total. The Morgan fingerprint density at radius 3 is 2.48 bits per heavy atom. The van der Waals surface area contributed by atoms with E-state index in [9.17, 15) is 0 Å². The Labute approximate surface area is 175 Å². The van der Waals surface area contributed by atoms with E-state index in [1.165, 1.54) is 11.3 Å². The fourth-order valence-corrected chi connectivity index (χ4v) is 4.20. The van der Waals surface area contributed by atoms with Crippen molar-refractivity contribution in [1.82, 2.24) is 24.8 Å². The number of anilines is 1. The van der Waals surface area contributed by atoms with Gasteiger partial charge in [-0.15, -0.1) is 21.5 Å². The van der Waals surface area contributed by atoms with E-state index in [1.807, 2.05) is 66.9 Å². The first-order valence-electron chi connectivity index (χ1n) is 8.90. The molecule has 0 spiro atoms. The molecular weight excluding hydrogens is 404 g/mol. The van der Waals surface area contributed by atoms with Crippen molar-refractivity contribution < 1.29 is 0 Å². The van der Waals surface area contributed by atoms with E-state index in [0.29, 0.717) is 27.2 Å². The van der Waals surface area contributed by atoms with Crippen molar-refractivity contribution in [3.8, 4) is 33.1 Å². The molecule has 0 bridgehead atoms. The first-order valence-corrected chi connectivity index (χ1v) is 10.2. The van der Waals surface area contributed by atoms with Gasteiger partial charge in [0.2, 0.25) is 0 Å². The Hall–Kier alpha value is -3.29. The number of aromatic nitrogens is 5. The molecule has 2 aromatic carbocycles. The largest absolute Gasteiger partial charge is 0.382 e. The van der Waals surface area contributed by atoms with Crippen LogP contribution in [-0.4, -0.2) is 24.8 Å². The maximum Gasteiger partial charge on any atom is 0.187 e. The van der Waals surface area contributed by atoms with E-state index < -0.39 is 0 Å². The Kier molecular flexibility index (Phi) is 4.26. The van der Waals surface area contributed by atoms with Crippen LogP contribution in [0.2, 0.25) is 5.02 Å². The summed E-state index contributed by atoms with van der Waals surface area (Å²) in [6.07, 6.45) is 0. The van der Waals surface area contributed by atoms with Crippen LogP contribution in [0.4, 0.5) is 5.82 Å². The normalized spacial score (nSPS) is 11.2. The first kappa shape index (κ1) is 17.8. The van der Waals surface area contributed by atoms with E-state index in [2.05, 4.69) is 20.3 Å². The lowest BCUT2D eigenvalue weighted by Gasteiger charge is -2.04. The third-order valence-corrected chi connectivity index (χ3v) is 5.76. The second-order valence-corrected chi connectivity index (χ2v) is 7.84. The van der Waals surface area contributed by atoms with Crippen LogP contribution in [0.1, 0.15) is 5.69 Å². The number of benzene rings is 2. The van der Waals surface area contributed by atoms with Gasteiger partial charge in [0.05, 0.1) is 17.0 Å². The number of nitrogen functional groups attached to an aromatic ring is 1. The fraction of sp³-hybridized carbons (Fsp3) is 0.0476. The molecule has 2 N–H and O–H groups in total. The molecule has 3 heterocycles. The number of aryl methyl sites for hydroxylation is 1. The second kappa shape index (κ2) is 6.95. The molecular formula is C21H15ClN6S. The third kappa shape index (κ3) is 3.04. The van der Waals surface area contributed by atoms with Gasteiger partial charge >= 0.3 is 0 Å². The minimum absolute atomic E-state index is 0.414. The molecule has 0 aliphatic heterocycles. The quantitative estimate of drug-likeness (QED) is 0.439. The molecule has 0 aliphatic carbocycles. The molecule has 0 aliphatic rings. The van der Waals surface area contributed by atoms with Crippen molar-refractivity contribution in [1.29, 1.82) is 0 Å². The van der Waals surface area contributed by atoms with E-state index in [1.54, 1.807) is 4.52 Å². The van der Waals surface area contributed by atoms with Crippen LogP contribution in [0.3, 0.4) is 0 Å². The summed E-state index contributed by atoms with van der Waals surface area (Å²) >= 11 is 7.44. The number of nitrogens with zero attached hydrogens (tertiary/aromatic N) is 5. The Bertz CT molecular complexity index is 1330. The minimum Gasteiger partial charge on any atom is -0.382 e. The van der Waals surface area contributed by atoms with Gasteiger partial charge in [0.25, 0.3) is 0 Å². The highest BCUT2D eigenvalue weighted by molar-refractivity contribution is 7.13. The Morgan fingerprint density at radius 2 is 1.72 bits per heavy atom. The second-order valence-electron chi connectivity index (χ2n) is 6.54. The van der Waals surface area contributed by atoms with Gasteiger partial charge in [0, 0.05) is 16.0 Å². The predicted octanol–water partition coefficient (Wildman–Crippen LogP) is 5.13. The average Bonchev–Trinajstić information content (AvgIpc) is 3.34. The van der Waals surface area contributed by atoms with Gasteiger partial charge in [0.15, 0.2) is 17.2 Å². The van der Waals surface area contributed by atoms with Gasteiger partial charge < -0.3 is 5.73 Å². The Balaban J connectivity index is 1.61. The summed E-state index contributed by atoms with van der Waals surface area (Å²) < 4.78 is 1.64. The minimum atomic E-state index is 0.414. The lowest BCUT2D eigenvalue weighted by Crippen LogP contribution is -2.05. The SMILES string of the molecule is Cc1nn2c(N)c(-c3nc(-c4ccc(Cl)cc4)cs3)nnc2c1-c1ccccc1. The highest BCUT2D eigenvalue weighted by Crippen LogP contribution is 2.33. The van der Waals surface area contributed by atoms with E-state index in [4.69, 9.17) is 17.3 Å². The molecule has 0 atom stereocenters. The molecule has 0 amide bonds. The summed E-state index contributed by atoms with van der Waals surface area (Å²) in [5.74, 6) is 0.414. The standard InChI is InChI=1S/C21H15ClN6S/c1-12-17(14-5-3-2-4-6-14)20-26-25-18(19(23)28(20)27-12)21-24-16(11-29-21)13-7-9-15(22)10-8-13/h2-11H,23H2,1H3. The lowest BCUT2D eigenvalue weighted by atomic mass is 10.1. The average molecular weight is 419 g/mol. The number of nitrogens with two attached hydrogens (primary N) is 1. The van der Waals surface area contributed by atoms with Crippen LogP contribution in [0.25, 0.3) is 38.7 Å². The number of halogens is 1. The van der Waals surface area contributed by atoms with E-state index in [-0.39, 0.29) is 0 Å². The van der Waals surface area contributed by atoms with Crippen LogP contribution >= 0.6 is 22.9 Å². The zero-order valence-corrected chi connectivity index (χ0v) is 16.9. The molecule has 0 radical (unpaired) electrons.